The van der Waals surface area contributed by atoms with Gasteiger partial charge in [-0.3, -0.25) is 14.3 Å². The molecule has 0 bridgehead atoms. The maximum absolute atomic E-state index is 14.8. The molecular formula is C29H24ClFN4O6S2. The van der Waals surface area contributed by atoms with Crippen molar-refractivity contribution in [1.82, 2.24) is 14.3 Å². The Labute approximate surface area is 251 Å². The highest BCUT2D eigenvalue weighted by Crippen LogP contribution is 2.36. The topological polar surface area (TPSA) is 147 Å². The molecule has 0 saturated carbocycles. The van der Waals surface area contributed by atoms with Crippen LogP contribution in [0.2, 0.25) is 5.02 Å². The van der Waals surface area contributed by atoms with E-state index in [0.717, 1.165) is 6.26 Å². The van der Waals surface area contributed by atoms with E-state index in [4.69, 9.17) is 11.6 Å². The molecular weight excluding hydrogens is 619 g/mol. The second-order valence-electron chi connectivity index (χ2n) is 9.74. The molecule has 0 atom stereocenters. The van der Waals surface area contributed by atoms with Gasteiger partial charge < -0.3 is 9.55 Å². The van der Waals surface area contributed by atoms with Crippen LogP contribution in [0.5, 0.6) is 0 Å². The number of hydrogen-bond donors (Lipinski definition) is 3. The summed E-state index contributed by atoms with van der Waals surface area (Å²) in [6.45, 7) is -0.169. The molecule has 2 aromatic heterocycles. The van der Waals surface area contributed by atoms with Crippen molar-refractivity contribution in [3.8, 4) is 11.1 Å². The summed E-state index contributed by atoms with van der Waals surface area (Å²) in [7, 11) is -7.98. The molecule has 2 heterocycles. The van der Waals surface area contributed by atoms with Gasteiger partial charge in [0.1, 0.15) is 11.5 Å². The Balaban J connectivity index is 1.64. The molecule has 0 fully saturated rings. The zero-order valence-electron chi connectivity index (χ0n) is 22.5. The number of nitrogens with one attached hydrogen (secondary N) is 3. The number of hydrogen-bond acceptors (Lipinski definition) is 6. The number of aromatic nitrogens is 2. The normalized spacial score (nSPS) is 11.9. The molecule has 3 N–H and O–H groups in total. The van der Waals surface area contributed by atoms with E-state index in [1.165, 1.54) is 59.3 Å². The molecule has 0 unspecified atom stereocenters. The van der Waals surface area contributed by atoms with Crippen LogP contribution < -0.4 is 15.0 Å². The summed E-state index contributed by atoms with van der Waals surface area (Å²) in [6.07, 6.45) is 2.37. The van der Waals surface area contributed by atoms with E-state index in [2.05, 4.69) is 14.4 Å². The average Bonchev–Trinajstić information content (AvgIpc) is 3.22. The first-order chi connectivity index (χ1) is 20.3. The van der Waals surface area contributed by atoms with E-state index < -0.39 is 43.1 Å². The Morgan fingerprint density at radius 3 is 2.47 bits per heavy atom. The Morgan fingerprint density at radius 2 is 1.74 bits per heavy atom. The second kappa shape index (κ2) is 11.7. The smallest absolute Gasteiger partial charge is 0.282 e. The number of amides is 1. The highest BCUT2D eigenvalue weighted by molar-refractivity contribution is 7.92. The van der Waals surface area contributed by atoms with Crippen molar-refractivity contribution in [3.05, 3.63) is 123 Å². The minimum atomic E-state index is -4.37. The Kier molecular flexibility index (Phi) is 8.14. The summed E-state index contributed by atoms with van der Waals surface area (Å²) in [5, 5.41) is 0.675. The first kappa shape index (κ1) is 30.0. The molecule has 222 valence electrons. The third-order valence-corrected chi connectivity index (χ3v) is 8.50. The Morgan fingerprint density at radius 1 is 0.977 bits per heavy atom. The van der Waals surface area contributed by atoms with Crippen molar-refractivity contribution in [1.29, 1.82) is 0 Å². The Hall–Kier alpha value is -4.46. The van der Waals surface area contributed by atoms with Crippen LogP contribution in [0.15, 0.2) is 89.9 Å². The van der Waals surface area contributed by atoms with Crippen molar-refractivity contribution in [3.63, 3.8) is 0 Å². The summed E-state index contributed by atoms with van der Waals surface area (Å²) in [4.78, 5) is 29.4. The lowest BCUT2D eigenvalue weighted by Crippen LogP contribution is -2.33. The first-order valence-corrected chi connectivity index (χ1v) is 16.6. The molecule has 43 heavy (non-hydrogen) atoms. The molecule has 0 aliphatic heterocycles. The maximum Gasteiger partial charge on any atom is 0.282 e. The fraction of sp³-hybridized carbons (Fsp3) is 0.103. The maximum atomic E-state index is 14.8. The van der Waals surface area contributed by atoms with Crippen LogP contribution in [0.1, 0.15) is 21.6 Å². The molecule has 1 amide bonds. The molecule has 14 heteroatoms. The minimum Gasteiger partial charge on any atom is -0.331 e. The number of nitrogens with zero attached hydrogens (tertiary/aromatic N) is 1. The number of sulfonamides is 2. The van der Waals surface area contributed by atoms with Gasteiger partial charge in [-0.05, 0) is 54.1 Å². The molecule has 3 aromatic carbocycles. The quantitative estimate of drug-likeness (QED) is 0.216. The van der Waals surface area contributed by atoms with E-state index in [-0.39, 0.29) is 40.2 Å². The lowest BCUT2D eigenvalue weighted by Gasteiger charge is -2.14. The highest BCUT2D eigenvalue weighted by atomic mass is 35.5. The number of benzene rings is 3. The summed E-state index contributed by atoms with van der Waals surface area (Å²) in [5.74, 6) is -2.27. The number of carbonyl (C=O) groups excluding carboxylic acids is 1. The van der Waals surface area contributed by atoms with Crippen LogP contribution in [-0.4, -0.2) is 38.5 Å². The number of fused-ring (bicyclic) bond motifs is 1. The molecule has 10 nitrogen and oxygen atoms in total. The highest BCUT2D eigenvalue weighted by Gasteiger charge is 2.29. The fourth-order valence-electron chi connectivity index (χ4n) is 4.80. The fourth-order valence-corrected chi connectivity index (χ4v) is 6.60. The lowest BCUT2D eigenvalue weighted by molar-refractivity contribution is 0.0974. The van der Waals surface area contributed by atoms with Gasteiger partial charge >= 0.3 is 0 Å². The van der Waals surface area contributed by atoms with Crippen molar-refractivity contribution >= 4 is 54.1 Å². The number of H-pyrrole nitrogens is 1. The van der Waals surface area contributed by atoms with Gasteiger partial charge in [0.15, 0.2) is 0 Å². The molecule has 0 radical (unpaired) electrons. The third-order valence-electron chi connectivity index (χ3n) is 6.45. The van der Waals surface area contributed by atoms with Crippen LogP contribution in [-0.2, 0) is 32.3 Å². The predicted molar refractivity (Wildman–Crippen MR) is 164 cm³/mol. The predicted octanol–water partition coefficient (Wildman–Crippen LogP) is 4.47. The summed E-state index contributed by atoms with van der Waals surface area (Å²) in [6, 6.07) is 19.4. The van der Waals surface area contributed by atoms with Crippen LogP contribution in [0.3, 0.4) is 0 Å². The van der Waals surface area contributed by atoms with Crippen molar-refractivity contribution in [2.75, 3.05) is 11.0 Å². The van der Waals surface area contributed by atoms with E-state index >= 15 is 0 Å². The molecule has 5 aromatic rings. The number of carbonyl (C=O) groups is 1. The number of halogens is 2. The number of rotatable bonds is 9. The van der Waals surface area contributed by atoms with Gasteiger partial charge in [0.2, 0.25) is 20.0 Å². The lowest BCUT2D eigenvalue weighted by atomic mass is 10.0. The van der Waals surface area contributed by atoms with Gasteiger partial charge in [0, 0.05) is 44.5 Å². The molecule has 5 rings (SSSR count). The van der Waals surface area contributed by atoms with Crippen LogP contribution >= 0.6 is 11.6 Å². The van der Waals surface area contributed by atoms with E-state index in [9.17, 15) is 30.8 Å². The average molecular weight is 643 g/mol. The largest absolute Gasteiger partial charge is 0.331 e. The Bertz CT molecular complexity index is 2160. The molecule has 0 saturated heterocycles. The van der Waals surface area contributed by atoms with Crippen molar-refractivity contribution < 1.29 is 26.0 Å². The SMILES string of the molecule is CS(=O)(=O)Nc1cccc(CS(=O)(=O)NC(=O)c2c(-c3ccc[nH]c3=O)c3cc(Cl)ccc3n2Cc2ccccc2F)c1. The van der Waals surface area contributed by atoms with Gasteiger partial charge in [0.25, 0.3) is 11.5 Å². The van der Waals surface area contributed by atoms with Crippen molar-refractivity contribution in [2.45, 2.75) is 12.3 Å². The van der Waals surface area contributed by atoms with Crippen LogP contribution in [0.25, 0.3) is 22.0 Å². The van der Waals surface area contributed by atoms with E-state index in [0.29, 0.717) is 15.9 Å². The second-order valence-corrected chi connectivity index (χ2v) is 13.6. The summed E-state index contributed by atoms with van der Waals surface area (Å²) in [5.41, 5.74) is 0.420. The van der Waals surface area contributed by atoms with Gasteiger partial charge in [-0.25, -0.2) is 25.9 Å². The van der Waals surface area contributed by atoms with Gasteiger partial charge in [-0.1, -0.05) is 41.9 Å². The molecule has 0 spiro atoms. The zero-order chi connectivity index (χ0) is 30.9. The van der Waals surface area contributed by atoms with E-state index in [1.807, 2.05) is 0 Å². The third kappa shape index (κ3) is 6.79. The van der Waals surface area contributed by atoms with Gasteiger partial charge in [-0.2, -0.15) is 0 Å². The van der Waals surface area contributed by atoms with Gasteiger partial charge in [0.05, 0.1) is 18.6 Å². The van der Waals surface area contributed by atoms with Gasteiger partial charge in [-0.15, -0.1) is 0 Å². The summed E-state index contributed by atoms with van der Waals surface area (Å²) >= 11 is 6.30. The standard InChI is InChI=1S/C29H24ClFN4O6S2/c1-42(38,39)33-21-8-4-6-18(14-21)17-43(40,41)34-29(37)27-26(22-9-5-13-32-28(22)36)23-15-20(30)11-12-25(23)35(27)16-19-7-2-3-10-24(19)31/h2-15,33H,16-17H2,1H3,(H,32,36)(H,34,37). The minimum absolute atomic E-state index is 0.0733. The zero-order valence-corrected chi connectivity index (χ0v) is 24.9. The number of anilines is 1. The van der Waals surface area contributed by atoms with Crippen LogP contribution in [0.4, 0.5) is 10.1 Å². The summed E-state index contributed by atoms with van der Waals surface area (Å²) < 4.78 is 70.3. The molecule has 0 aliphatic rings. The number of pyridine rings is 1. The van der Waals surface area contributed by atoms with Crippen LogP contribution in [0, 0.1) is 5.82 Å². The molecule has 0 aliphatic carbocycles. The monoisotopic (exact) mass is 642 g/mol. The van der Waals surface area contributed by atoms with E-state index in [1.54, 1.807) is 30.3 Å². The number of aromatic amines is 1. The first-order valence-electron chi connectivity index (χ1n) is 12.7. The van der Waals surface area contributed by atoms with Crippen molar-refractivity contribution in [2.24, 2.45) is 0 Å².